The highest BCUT2D eigenvalue weighted by atomic mass is 35.5. The average molecular weight is 365 g/mol. The Kier molecular flexibility index (Phi) is 6.36. The molecule has 0 aliphatic heterocycles. The van der Waals surface area contributed by atoms with Crippen LogP contribution >= 0.6 is 23.7 Å². The summed E-state index contributed by atoms with van der Waals surface area (Å²) in [5.41, 5.74) is 9.69. The third kappa shape index (κ3) is 3.77. The molecular weight excluding hydrogens is 344 g/mol. The van der Waals surface area contributed by atoms with Crippen LogP contribution in [-0.4, -0.2) is 22.4 Å². The summed E-state index contributed by atoms with van der Waals surface area (Å²) in [6.07, 6.45) is 3.82. The van der Waals surface area contributed by atoms with Gasteiger partial charge in [0.2, 0.25) is 0 Å². The zero-order valence-corrected chi connectivity index (χ0v) is 15.1. The van der Waals surface area contributed by atoms with E-state index in [1.165, 1.54) is 33.4 Å². The molecule has 0 saturated heterocycles. The molecule has 0 aliphatic carbocycles. The molecule has 0 bridgehead atoms. The number of H-pyrrole nitrogens is 1. The maximum atomic E-state index is 12.1. The van der Waals surface area contributed by atoms with Crippen molar-refractivity contribution in [3.05, 3.63) is 51.6 Å². The van der Waals surface area contributed by atoms with E-state index >= 15 is 0 Å². The van der Waals surface area contributed by atoms with Gasteiger partial charge in [0.15, 0.2) is 0 Å². The fraction of sp³-hybridized carbons (Fsp3) is 0.294. The molecule has 4 N–H and O–H groups in total. The van der Waals surface area contributed by atoms with Gasteiger partial charge in [-0.25, -0.2) is 4.98 Å². The predicted molar refractivity (Wildman–Crippen MR) is 101 cm³/mol. The molecule has 0 unspecified atom stereocenters. The van der Waals surface area contributed by atoms with Gasteiger partial charge in [-0.1, -0.05) is 25.1 Å². The van der Waals surface area contributed by atoms with Gasteiger partial charge >= 0.3 is 0 Å². The van der Waals surface area contributed by atoms with Crippen molar-refractivity contribution >= 4 is 40.6 Å². The van der Waals surface area contributed by atoms with Crippen LogP contribution in [0.4, 0.5) is 0 Å². The van der Waals surface area contributed by atoms with Gasteiger partial charge in [-0.2, -0.15) is 0 Å². The van der Waals surface area contributed by atoms with Crippen molar-refractivity contribution in [2.45, 2.75) is 26.3 Å². The Morgan fingerprint density at radius 3 is 2.92 bits per heavy atom. The van der Waals surface area contributed by atoms with E-state index in [9.17, 15) is 4.79 Å². The molecule has 0 fully saturated rings. The second-order valence-electron chi connectivity index (χ2n) is 5.34. The second-order valence-corrected chi connectivity index (χ2v) is 6.29. The van der Waals surface area contributed by atoms with Gasteiger partial charge in [0, 0.05) is 35.6 Å². The van der Waals surface area contributed by atoms with E-state index in [4.69, 9.17) is 5.73 Å². The Balaban J connectivity index is 0.00000208. The van der Waals surface area contributed by atoms with E-state index in [1.54, 1.807) is 5.38 Å². The number of para-hydroxylation sites is 1. The van der Waals surface area contributed by atoms with E-state index in [2.05, 4.69) is 40.4 Å². The highest BCUT2D eigenvalue weighted by Crippen LogP contribution is 2.22. The first kappa shape index (κ1) is 18.4. The fourth-order valence-corrected chi connectivity index (χ4v) is 3.34. The molecule has 3 aromatic rings. The monoisotopic (exact) mass is 364 g/mol. The fourth-order valence-electron chi connectivity index (χ4n) is 2.69. The van der Waals surface area contributed by atoms with Gasteiger partial charge in [-0.15, -0.1) is 23.7 Å². The molecule has 0 aliphatic rings. The number of aromatic nitrogens is 2. The van der Waals surface area contributed by atoms with Crippen molar-refractivity contribution in [1.82, 2.24) is 15.3 Å². The van der Waals surface area contributed by atoms with Crippen LogP contribution in [0.1, 0.15) is 33.5 Å². The molecule has 128 valence electrons. The van der Waals surface area contributed by atoms with Crippen LogP contribution in [0.2, 0.25) is 0 Å². The van der Waals surface area contributed by atoms with Crippen molar-refractivity contribution in [2.75, 3.05) is 6.54 Å². The summed E-state index contributed by atoms with van der Waals surface area (Å²) in [6.45, 7) is 3.10. The lowest BCUT2D eigenvalue weighted by molar-refractivity contribution is 0.0949. The standard InChI is InChI=1S/C17H20N4OS.ClH/c1-2-11-4-3-5-13-12(9-20-16(11)13)6-7-19-17(22)14-10-23-15(8-18)21-14;/h3-5,9-10,20H,2,6-8,18H2,1H3,(H,19,22);1H. The predicted octanol–water partition coefficient (Wildman–Crippen LogP) is 3.04. The van der Waals surface area contributed by atoms with Crippen LogP contribution in [0.5, 0.6) is 0 Å². The minimum Gasteiger partial charge on any atom is -0.361 e. The number of rotatable bonds is 6. The van der Waals surface area contributed by atoms with Crippen LogP contribution in [0.25, 0.3) is 10.9 Å². The van der Waals surface area contributed by atoms with E-state index in [0.29, 0.717) is 18.8 Å². The third-order valence-corrected chi connectivity index (χ3v) is 4.78. The molecule has 2 aromatic heterocycles. The Labute approximate surface area is 151 Å². The van der Waals surface area contributed by atoms with Crippen LogP contribution in [-0.2, 0) is 19.4 Å². The number of benzene rings is 1. The highest BCUT2D eigenvalue weighted by molar-refractivity contribution is 7.09. The Morgan fingerprint density at radius 2 is 2.21 bits per heavy atom. The van der Waals surface area contributed by atoms with E-state index in [0.717, 1.165) is 17.8 Å². The van der Waals surface area contributed by atoms with Crippen molar-refractivity contribution < 1.29 is 4.79 Å². The highest BCUT2D eigenvalue weighted by Gasteiger charge is 2.11. The molecule has 0 spiro atoms. The number of hydrogen-bond acceptors (Lipinski definition) is 4. The second kappa shape index (κ2) is 8.28. The lowest BCUT2D eigenvalue weighted by Gasteiger charge is -2.03. The summed E-state index contributed by atoms with van der Waals surface area (Å²) in [7, 11) is 0. The molecule has 1 amide bonds. The number of halogens is 1. The van der Waals surface area contributed by atoms with E-state index < -0.39 is 0 Å². The third-order valence-electron chi connectivity index (χ3n) is 3.91. The number of carbonyl (C=O) groups excluding carboxylic acids is 1. The molecule has 0 atom stereocenters. The number of fused-ring (bicyclic) bond motifs is 1. The zero-order chi connectivity index (χ0) is 16.2. The Morgan fingerprint density at radius 1 is 1.38 bits per heavy atom. The van der Waals surface area contributed by atoms with Crippen molar-refractivity contribution in [3.8, 4) is 0 Å². The minimum atomic E-state index is -0.143. The number of nitrogens with two attached hydrogens (primary N) is 1. The number of hydrogen-bond donors (Lipinski definition) is 3. The van der Waals surface area contributed by atoms with Gasteiger partial charge in [0.25, 0.3) is 5.91 Å². The first-order chi connectivity index (χ1) is 11.2. The van der Waals surface area contributed by atoms with Gasteiger partial charge in [0.05, 0.1) is 0 Å². The number of carbonyl (C=O) groups is 1. The maximum absolute atomic E-state index is 12.1. The molecule has 0 radical (unpaired) electrons. The number of nitrogens with one attached hydrogen (secondary N) is 2. The number of nitrogens with zero attached hydrogens (tertiary/aromatic N) is 1. The summed E-state index contributed by atoms with van der Waals surface area (Å²) in [5.74, 6) is -0.143. The molecule has 7 heteroatoms. The van der Waals surface area contributed by atoms with Crippen molar-refractivity contribution in [2.24, 2.45) is 5.73 Å². The molecule has 2 heterocycles. The normalized spacial score (nSPS) is 10.6. The number of thiazole rings is 1. The summed E-state index contributed by atoms with van der Waals surface area (Å²) in [6, 6.07) is 6.35. The number of aryl methyl sites for hydroxylation is 1. The quantitative estimate of drug-likeness (QED) is 0.628. The Bertz CT molecular complexity index is 827. The first-order valence-electron chi connectivity index (χ1n) is 7.73. The number of aromatic amines is 1. The first-order valence-corrected chi connectivity index (χ1v) is 8.61. The summed E-state index contributed by atoms with van der Waals surface area (Å²) in [5, 5.41) is 6.68. The van der Waals surface area contributed by atoms with Crippen molar-refractivity contribution in [1.29, 1.82) is 0 Å². The summed E-state index contributed by atoms with van der Waals surface area (Å²) < 4.78 is 0. The molecule has 1 aromatic carbocycles. The Hall–Kier alpha value is -1.89. The van der Waals surface area contributed by atoms with Crippen LogP contribution < -0.4 is 11.1 Å². The van der Waals surface area contributed by atoms with Gasteiger partial charge in [-0.3, -0.25) is 4.79 Å². The number of amides is 1. The molecular formula is C17H21ClN4OS. The van der Waals surface area contributed by atoms with Crippen LogP contribution in [0.3, 0.4) is 0 Å². The summed E-state index contributed by atoms with van der Waals surface area (Å²) in [4.78, 5) is 19.6. The molecule has 5 nitrogen and oxygen atoms in total. The largest absolute Gasteiger partial charge is 0.361 e. The smallest absolute Gasteiger partial charge is 0.270 e. The van der Waals surface area contributed by atoms with Gasteiger partial charge in [-0.05, 0) is 24.0 Å². The van der Waals surface area contributed by atoms with Gasteiger partial charge in [0.1, 0.15) is 10.7 Å². The van der Waals surface area contributed by atoms with Crippen molar-refractivity contribution in [3.63, 3.8) is 0 Å². The minimum absolute atomic E-state index is 0. The topological polar surface area (TPSA) is 83.8 Å². The lowest BCUT2D eigenvalue weighted by atomic mass is 10.1. The van der Waals surface area contributed by atoms with Crippen LogP contribution in [0, 0.1) is 0 Å². The summed E-state index contributed by atoms with van der Waals surface area (Å²) >= 11 is 1.41. The van der Waals surface area contributed by atoms with Gasteiger partial charge < -0.3 is 16.0 Å². The van der Waals surface area contributed by atoms with E-state index in [1.807, 2.05) is 6.20 Å². The zero-order valence-electron chi connectivity index (χ0n) is 13.5. The van der Waals surface area contributed by atoms with E-state index in [-0.39, 0.29) is 18.3 Å². The molecule has 3 rings (SSSR count). The average Bonchev–Trinajstić information content (AvgIpc) is 3.21. The molecule has 24 heavy (non-hydrogen) atoms. The van der Waals surface area contributed by atoms with Crippen LogP contribution in [0.15, 0.2) is 29.8 Å². The molecule has 0 saturated carbocycles. The SMILES string of the molecule is CCc1cccc2c(CCNC(=O)c3csc(CN)n3)c[nH]c12.Cl. The maximum Gasteiger partial charge on any atom is 0.270 e. The lowest BCUT2D eigenvalue weighted by Crippen LogP contribution is -2.26.